The average molecular weight is 544 g/mol. The molecule has 35 heavy (non-hydrogen) atoms. The fourth-order valence-corrected chi connectivity index (χ4v) is 10.2. The van der Waals surface area contributed by atoms with Crippen LogP contribution in [-0.2, 0) is 11.3 Å². The second-order valence-electron chi connectivity index (χ2n) is 9.21. The lowest BCUT2D eigenvalue weighted by Gasteiger charge is -2.32. The number of aryl methyl sites for hydroxylation is 2. The molecule has 2 nitrogen and oxygen atoms in total. The van der Waals surface area contributed by atoms with E-state index >= 15 is 0 Å². The Bertz CT molecular complexity index is 1180. The number of rotatable bonds is 6. The van der Waals surface area contributed by atoms with Gasteiger partial charge in [-0.1, -0.05) is 72.8 Å². The number of halogens is 1. The molecule has 0 spiro atoms. The Hall–Kier alpha value is -2.74. The number of hydrogen-bond acceptors (Lipinski definition) is 1. The van der Waals surface area contributed by atoms with Gasteiger partial charge in [0.2, 0.25) is 0 Å². The molecule has 1 atom stereocenters. The fraction of sp³-hybridized carbons (Fsp3) is 0.194. The van der Waals surface area contributed by atoms with E-state index in [2.05, 4.69) is 128 Å². The molecule has 4 aromatic carbocycles. The zero-order valence-electron chi connectivity index (χ0n) is 20.3. The van der Waals surface area contributed by atoms with Crippen LogP contribution in [0.4, 0.5) is 0 Å². The molecule has 1 unspecified atom stereocenters. The molecule has 0 saturated carbocycles. The number of benzene rings is 4. The molecule has 1 heterocycles. The van der Waals surface area contributed by atoms with E-state index in [4.69, 9.17) is 0 Å². The van der Waals surface area contributed by atoms with Crippen LogP contribution in [0.15, 0.2) is 109 Å². The van der Waals surface area contributed by atoms with Gasteiger partial charge in [0.1, 0.15) is 23.2 Å². The smallest absolute Gasteiger partial charge is 0.264 e. The van der Waals surface area contributed by atoms with Crippen molar-refractivity contribution < 1.29 is 21.8 Å². The summed E-state index contributed by atoms with van der Waals surface area (Å²) in [7, 11) is -2.21. The molecule has 1 aliphatic rings. The fourth-order valence-electron chi connectivity index (χ4n) is 5.34. The Morgan fingerprint density at radius 1 is 0.714 bits per heavy atom. The van der Waals surface area contributed by atoms with E-state index in [0.717, 1.165) is 13.0 Å². The first kappa shape index (κ1) is 25.4. The number of carbonyl (C=O) groups excluding carboxylic acids is 1. The Morgan fingerprint density at radius 2 is 1.20 bits per heavy atom. The van der Waals surface area contributed by atoms with Crippen LogP contribution in [0, 0.1) is 13.8 Å². The second kappa shape index (κ2) is 10.9. The standard InChI is InChI=1S/C31H31NOP.BrH/c1-24-18-19-26(22-25(24)2)23-32-21-20-30(31(32)33)34(27-12-6-3-7-13-27,28-14-8-4-9-15-28)29-16-10-5-11-17-29;/h3-19,22,30H,20-21,23H2,1-2H3;1H/q+1;/p-1. The lowest BCUT2D eigenvalue weighted by molar-refractivity contribution is -0.127. The average Bonchev–Trinajstić information content (AvgIpc) is 3.24. The molecule has 0 N–H and O–H groups in total. The summed E-state index contributed by atoms with van der Waals surface area (Å²) in [4.78, 5) is 16.3. The van der Waals surface area contributed by atoms with Gasteiger partial charge in [-0.3, -0.25) is 4.79 Å². The monoisotopic (exact) mass is 543 g/mol. The lowest BCUT2D eigenvalue weighted by Crippen LogP contribution is -3.00. The highest BCUT2D eigenvalue weighted by Crippen LogP contribution is 2.62. The molecule has 4 heteroatoms. The van der Waals surface area contributed by atoms with E-state index in [-0.39, 0.29) is 28.5 Å². The van der Waals surface area contributed by atoms with Crippen molar-refractivity contribution in [2.24, 2.45) is 0 Å². The highest BCUT2D eigenvalue weighted by atomic mass is 79.9. The van der Waals surface area contributed by atoms with Gasteiger partial charge in [0.05, 0.1) is 0 Å². The van der Waals surface area contributed by atoms with Crippen molar-refractivity contribution in [2.45, 2.75) is 32.5 Å². The molecule has 0 aliphatic carbocycles. The van der Waals surface area contributed by atoms with E-state index in [1.807, 2.05) is 0 Å². The Kier molecular flexibility index (Phi) is 7.89. The summed E-state index contributed by atoms with van der Waals surface area (Å²) < 4.78 is 0. The summed E-state index contributed by atoms with van der Waals surface area (Å²) >= 11 is 0. The van der Waals surface area contributed by atoms with Gasteiger partial charge >= 0.3 is 0 Å². The first-order valence-corrected chi connectivity index (χ1v) is 13.9. The third-order valence-corrected chi connectivity index (χ3v) is 11.9. The molecule has 1 fully saturated rings. The predicted octanol–water partition coefficient (Wildman–Crippen LogP) is 2.40. The van der Waals surface area contributed by atoms with Gasteiger partial charge < -0.3 is 21.9 Å². The minimum atomic E-state index is -2.21. The van der Waals surface area contributed by atoms with Gasteiger partial charge in [-0.05, 0) is 66.9 Å². The summed E-state index contributed by atoms with van der Waals surface area (Å²) in [6, 6.07) is 38.8. The summed E-state index contributed by atoms with van der Waals surface area (Å²) in [5.41, 5.74) is 3.71. The van der Waals surface area contributed by atoms with Crippen molar-refractivity contribution in [2.75, 3.05) is 6.54 Å². The molecule has 0 bridgehead atoms. The Morgan fingerprint density at radius 3 is 1.66 bits per heavy atom. The zero-order valence-corrected chi connectivity index (χ0v) is 22.8. The van der Waals surface area contributed by atoms with Crippen molar-refractivity contribution in [1.29, 1.82) is 0 Å². The number of hydrogen-bond donors (Lipinski definition) is 0. The third-order valence-electron chi connectivity index (χ3n) is 7.17. The highest BCUT2D eigenvalue weighted by Gasteiger charge is 2.58. The lowest BCUT2D eigenvalue weighted by atomic mass is 10.1. The molecular formula is C31H31BrNOP. The van der Waals surface area contributed by atoms with E-state index < -0.39 is 7.26 Å². The van der Waals surface area contributed by atoms with Crippen LogP contribution in [-0.4, -0.2) is 23.0 Å². The van der Waals surface area contributed by atoms with Gasteiger partial charge in [0.25, 0.3) is 5.91 Å². The van der Waals surface area contributed by atoms with Gasteiger partial charge in [0.15, 0.2) is 5.66 Å². The molecular weight excluding hydrogens is 513 g/mol. The van der Waals surface area contributed by atoms with Crippen LogP contribution in [0.25, 0.3) is 0 Å². The van der Waals surface area contributed by atoms with Crippen molar-refractivity contribution in [3.8, 4) is 0 Å². The number of amides is 1. The molecule has 5 rings (SSSR count). The van der Waals surface area contributed by atoms with Crippen LogP contribution in [0.2, 0.25) is 0 Å². The minimum Gasteiger partial charge on any atom is -1.00 e. The molecule has 0 aromatic heterocycles. The summed E-state index contributed by atoms with van der Waals surface area (Å²) in [5, 5.41) is 3.83. The highest BCUT2D eigenvalue weighted by molar-refractivity contribution is 7.96. The SMILES string of the molecule is Cc1ccc(CN2CCC([P+](c3ccccc3)(c3ccccc3)c3ccccc3)C2=O)cc1C.[Br-]. The summed E-state index contributed by atoms with van der Waals surface area (Å²) in [5.74, 6) is 0.281. The van der Waals surface area contributed by atoms with Crippen LogP contribution in [0.1, 0.15) is 23.1 Å². The number of nitrogens with zero attached hydrogens (tertiary/aromatic N) is 1. The maximum absolute atomic E-state index is 14.2. The van der Waals surface area contributed by atoms with Gasteiger partial charge in [-0.25, -0.2) is 0 Å². The van der Waals surface area contributed by atoms with E-state index in [1.54, 1.807) is 0 Å². The van der Waals surface area contributed by atoms with E-state index in [1.165, 1.54) is 32.6 Å². The zero-order chi connectivity index (χ0) is 23.5. The second-order valence-corrected chi connectivity index (χ2v) is 12.8. The van der Waals surface area contributed by atoms with Gasteiger partial charge in [0, 0.05) is 19.5 Å². The Balaban J connectivity index is 0.00000289. The first-order chi connectivity index (χ1) is 16.6. The van der Waals surface area contributed by atoms with Crippen molar-refractivity contribution in [3.63, 3.8) is 0 Å². The predicted molar refractivity (Wildman–Crippen MR) is 145 cm³/mol. The van der Waals surface area contributed by atoms with Crippen molar-refractivity contribution in [3.05, 3.63) is 126 Å². The quantitative estimate of drug-likeness (QED) is 0.342. The van der Waals surface area contributed by atoms with E-state index in [9.17, 15) is 4.79 Å². The summed E-state index contributed by atoms with van der Waals surface area (Å²) in [6.07, 6.45) is 0.871. The number of carbonyl (C=O) groups is 1. The van der Waals surface area contributed by atoms with Crippen LogP contribution >= 0.6 is 7.26 Å². The van der Waals surface area contributed by atoms with Crippen LogP contribution in [0.3, 0.4) is 0 Å². The molecule has 4 aromatic rings. The summed E-state index contributed by atoms with van der Waals surface area (Å²) in [6.45, 7) is 5.75. The maximum Gasteiger partial charge on any atom is 0.264 e. The normalized spacial score (nSPS) is 15.7. The van der Waals surface area contributed by atoms with E-state index in [0.29, 0.717) is 6.54 Å². The molecule has 0 radical (unpaired) electrons. The molecule has 1 saturated heterocycles. The number of likely N-dealkylation sites (tertiary alicyclic amines) is 1. The third kappa shape index (κ3) is 4.73. The minimum absolute atomic E-state index is 0. The van der Waals surface area contributed by atoms with Crippen molar-refractivity contribution in [1.82, 2.24) is 4.90 Å². The van der Waals surface area contributed by atoms with Crippen LogP contribution < -0.4 is 32.9 Å². The topological polar surface area (TPSA) is 20.3 Å². The first-order valence-electron chi connectivity index (χ1n) is 12.0. The van der Waals surface area contributed by atoms with Crippen LogP contribution in [0.5, 0.6) is 0 Å². The van der Waals surface area contributed by atoms with Gasteiger partial charge in [-0.15, -0.1) is 0 Å². The Labute approximate surface area is 220 Å². The maximum atomic E-state index is 14.2. The van der Waals surface area contributed by atoms with Crippen molar-refractivity contribution >= 4 is 29.1 Å². The molecule has 178 valence electrons. The largest absolute Gasteiger partial charge is 1.00 e. The van der Waals surface area contributed by atoms with Gasteiger partial charge in [-0.2, -0.15) is 0 Å². The molecule has 1 amide bonds. The molecule has 1 aliphatic heterocycles.